The van der Waals surface area contributed by atoms with Crippen molar-refractivity contribution in [3.05, 3.63) is 90.1 Å². The van der Waals surface area contributed by atoms with Crippen LogP contribution in [0.1, 0.15) is 28.3 Å². The standard InChI is InChI=1S/C23H19FN2O3S/c24-16-2-1-3-17(12-16)30-18-4-5-19-15(8-11-29-22(19)13-18)6-10-26-21-14-25-9-7-20(21)23(27)28/h1-7,9-10,12-15,26H,8,11H2,(H,27,28)/b10-6+. The molecule has 1 aromatic heterocycles. The number of benzene rings is 2. The summed E-state index contributed by atoms with van der Waals surface area (Å²) in [4.78, 5) is 17.1. The van der Waals surface area contributed by atoms with Crippen molar-refractivity contribution in [1.29, 1.82) is 0 Å². The molecule has 7 heteroatoms. The fraction of sp³-hybridized carbons (Fsp3) is 0.130. The molecule has 4 rings (SSSR count). The topological polar surface area (TPSA) is 71.5 Å². The first kappa shape index (κ1) is 20.0. The van der Waals surface area contributed by atoms with Crippen LogP contribution in [0.4, 0.5) is 10.1 Å². The lowest BCUT2D eigenvalue weighted by atomic mass is 9.93. The molecule has 0 fully saturated rings. The summed E-state index contributed by atoms with van der Waals surface area (Å²) in [6.07, 6.45) is 7.51. The number of rotatable bonds is 6. The van der Waals surface area contributed by atoms with Gasteiger partial charge in [0.05, 0.1) is 24.1 Å². The molecule has 0 radical (unpaired) electrons. The van der Waals surface area contributed by atoms with E-state index >= 15 is 0 Å². The second kappa shape index (κ2) is 9.00. The van der Waals surface area contributed by atoms with E-state index in [2.05, 4.69) is 10.3 Å². The number of aromatic nitrogens is 1. The molecule has 0 bridgehead atoms. The number of allylic oxidation sites excluding steroid dienone is 1. The Balaban J connectivity index is 1.49. The predicted molar refractivity (Wildman–Crippen MR) is 114 cm³/mol. The third kappa shape index (κ3) is 4.63. The van der Waals surface area contributed by atoms with Crippen molar-refractivity contribution in [2.45, 2.75) is 22.1 Å². The van der Waals surface area contributed by atoms with E-state index in [4.69, 9.17) is 4.74 Å². The smallest absolute Gasteiger partial charge is 0.337 e. The number of hydrogen-bond donors (Lipinski definition) is 2. The number of aromatic carboxylic acids is 1. The Morgan fingerprint density at radius 3 is 2.93 bits per heavy atom. The Labute approximate surface area is 177 Å². The molecule has 0 aliphatic carbocycles. The second-order valence-electron chi connectivity index (χ2n) is 6.73. The first-order chi connectivity index (χ1) is 14.6. The molecule has 3 aromatic rings. The minimum absolute atomic E-state index is 0.138. The third-order valence-electron chi connectivity index (χ3n) is 4.72. The van der Waals surface area contributed by atoms with Gasteiger partial charge in [-0.1, -0.05) is 30.0 Å². The zero-order chi connectivity index (χ0) is 20.9. The molecule has 5 nitrogen and oxygen atoms in total. The quantitative estimate of drug-likeness (QED) is 0.542. The van der Waals surface area contributed by atoms with Crippen LogP contribution in [-0.2, 0) is 0 Å². The minimum atomic E-state index is -1.01. The normalized spacial score (nSPS) is 15.4. The third-order valence-corrected chi connectivity index (χ3v) is 5.70. The molecule has 0 saturated carbocycles. The van der Waals surface area contributed by atoms with Gasteiger partial charge in [0, 0.05) is 27.5 Å². The van der Waals surface area contributed by atoms with Crippen LogP contribution in [0.25, 0.3) is 0 Å². The number of anilines is 1. The Morgan fingerprint density at radius 2 is 2.10 bits per heavy atom. The van der Waals surface area contributed by atoms with Gasteiger partial charge in [-0.25, -0.2) is 9.18 Å². The van der Waals surface area contributed by atoms with E-state index in [0.717, 1.165) is 27.5 Å². The van der Waals surface area contributed by atoms with Gasteiger partial charge < -0.3 is 15.2 Å². The second-order valence-corrected chi connectivity index (χ2v) is 7.88. The highest BCUT2D eigenvalue weighted by atomic mass is 32.2. The number of pyridine rings is 1. The molecule has 0 amide bonds. The number of fused-ring (bicyclic) bond motifs is 1. The molecule has 0 spiro atoms. The lowest BCUT2D eigenvalue weighted by Crippen LogP contribution is -2.13. The van der Waals surface area contributed by atoms with Gasteiger partial charge in [-0.3, -0.25) is 4.98 Å². The number of nitrogens with zero attached hydrogens (tertiary/aromatic N) is 1. The predicted octanol–water partition coefficient (Wildman–Crippen LogP) is 5.56. The molecule has 2 heterocycles. The highest BCUT2D eigenvalue weighted by Gasteiger charge is 2.20. The summed E-state index contributed by atoms with van der Waals surface area (Å²) >= 11 is 1.48. The number of carboxylic acids is 1. The fourth-order valence-electron chi connectivity index (χ4n) is 3.28. The van der Waals surface area contributed by atoms with Crippen molar-refractivity contribution in [2.75, 3.05) is 11.9 Å². The largest absolute Gasteiger partial charge is 0.493 e. The zero-order valence-electron chi connectivity index (χ0n) is 15.9. The van der Waals surface area contributed by atoms with Crippen LogP contribution in [0.5, 0.6) is 5.75 Å². The van der Waals surface area contributed by atoms with Crippen LogP contribution in [-0.4, -0.2) is 22.7 Å². The van der Waals surface area contributed by atoms with E-state index in [1.807, 2.05) is 30.3 Å². The van der Waals surface area contributed by atoms with Gasteiger partial charge in [0.25, 0.3) is 0 Å². The maximum absolute atomic E-state index is 13.4. The number of carbonyl (C=O) groups is 1. The van der Waals surface area contributed by atoms with Crippen LogP contribution in [0.15, 0.2) is 83.0 Å². The van der Waals surface area contributed by atoms with E-state index in [1.54, 1.807) is 12.3 Å². The minimum Gasteiger partial charge on any atom is -0.493 e. The first-order valence-corrected chi connectivity index (χ1v) is 10.2. The zero-order valence-corrected chi connectivity index (χ0v) is 16.7. The van der Waals surface area contributed by atoms with Crippen LogP contribution < -0.4 is 10.1 Å². The summed E-state index contributed by atoms with van der Waals surface area (Å²) in [5.74, 6) is -0.316. The van der Waals surface area contributed by atoms with Crippen molar-refractivity contribution in [1.82, 2.24) is 4.98 Å². The summed E-state index contributed by atoms with van der Waals surface area (Å²) in [5.41, 5.74) is 1.67. The summed E-state index contributed by atoms with van der Waals surface area (Å²) < 4.78 is 19.3. The van der Waals surface area contributed by atoms with Crippen molar-refractivity contribution < 1.29 is 19.0 Å². The SMILES string of the molecule is O=C(O)c1ccncc1N/C=C/C1CCOc2cc(Sc3cccc(F)c3)ccc21. The van der Waals surface area contributed by atoms with Crippen LogP contribution >= 0.6 is 11.8 Å². The average Bonchev–Trinajstić information content (AvgIpc) is 2.74. The number of nitrogens with one attached hydrogen (secondary N) is 1. The van der Waals surface area contributed by atoms with Crippen molar-refractivity contribution in [3.63, 3.8) is 0 Å². The molecule has 0 saturated heterocycles. The molecular formula is C23H19FN2O3S. The fourth-order valence-corrected chi connectivity index (χ4v) is 4.17. The molecule has 2 N–H and O–H groups in total. The van der Waals surface area contributed by atoms with Crippen LogP contribution in [0, 0.1) is 5.82 Å². The van der Waals surface area contributed by atoms with E-state index in [9.17, 15) is 14.3 Å². The number of halogens is 1. The van der Waals surface area contributed by atoms with Gasteiger partial charge >= 0.3 is 5.97 Å². The number of ether oxygens (including phenoxy) is 1. The molecule has 152 valence electrons. The molecule has 2 aromatic carbocycles. The van der Waals surface area contributed by atoms with Crippen molar-refractivity contribution in [3.8, 4) is 5.75 Å². The van der Waals surface area contributed by atoms with Gasteiger partial charge in [-0.2, -0.15) is 0 Å². The first-order valence-electron chi connectivity index (χ1n) is 9.41. The maximum atomic E-state index is 13.4. The molecular weight excluding hydrogens is 403 g/mol. The highest BCUT2D eigenvalue weighted by Crippen LogP contribution is 2.39. The summed E-state index contributed by atoms with van der Waals surface area (Å²) in [7, 11) is 0. The van der Waals surface area contributed by atoms with Gasteiger partial charge in [0.15, 0.2) is 0 Å². The van der Waals surface area contributed by atoms with Crippen molar-refractivity contribution in [2.24, 2.45) is 0 Å². The monoisotopic (exact) mass is 422 g/mol. The van der Waals surface area contributed by atoms with Crippen LogP contribution in [0.3, 0.4) is 0 Å². The van der Waals surface area contributed by atoms with Gasteiger partial charge in [-0.05, 0) is 49.0 Å². The molecule has 30 heavy (non-hydrogen) atoms. The van der Waals surface area contributed by atoms with Crippen LogP contribution in [0.2, 0.25) is 0 Å². The summed E-state index contributed by atoms with van der Waals surface area (Å²) in [5, 5.41) is 12.3. The summed E-state index contributed by atoms with van der Waals surface area (Å²) in [6.45, 7) is 0.587. The Hall–Kier alpha value is -3.32. The van der Waals surface area contributed by atoms with E-state index in [-0.39, 0.29) is 17.3 Å². The number of hydrogen-bond acceptors (Lipinski definition) is 5. The Kier molecular flexibility index (Phi) is 5.99. The molecule has 1 aliphatic heterocycles. The van der Waals surface area contributed by atoms with Gasteiger partial charge in [-0.15, -0.1) is 0 Å². The lowest BCUT2D eigenvalue weighted by molar-refractivity contribution is 0.0698. The molecule has 1 unspecified atom stereocenters. The highest BCUT2D eigenvalue weighted by molar-refractivity contribution is 7.99. The maximum Gasteiger partial charge on any atom is 0.337 e. The Morgan fingerprint density at radius 1 is 1.23 bits per heavy atom. The molecule has 1 atom stereocenters. The van der Waals surface area contributed by atoms with Gasteiger partial charge in [0.1, 0.15) is 11.6 Å². The Bertz CT molecular complexity index is 1100. The summed E-state index contributed by atoms with van der Waals surface area (Å²) in [6, 6.07) is 14.0. The number of carboxylic acid groups (broad SMARTS) is 1. The van der Waals surface area contributed by atoms with E-state index in [1.165, 1.54) is 42.4 Å². The van der Waals surface area contributed by atoms with Crippen molar-refractivity contribution >= 4 is 23.4 Å². The van der Waals surface area contributed by atoms with Gasteiger partial charge in [0.2, 0.25) is 0 Å². The van der Waals surface area contributed by atoms with E-state index < -0.39 is 5.97 Å². The lowest BCUT2D eigenvalue weighted by Gasteiger charge is -2.24. The molecule has 1 aliphatic rings. The average molecular weight is 422 g/mol. The van der Waals surface area contributed by atoms with E-state index in [0.29, 0.717) is 12.3 Å².